The summed E-state index contributed by atoms with van der Waals surface area (Å²) in [5, 5.41) is 4.20. The van der Waals surface area contributed by atoms with Crippen LogP contribution in [0, 0.1) is 0 Å². The Hall–Kier alpha value is -2.14. The quantitative estimate of drug-likeness (QED) is 0.807. The number of ether oxygens (including phenoxy) is 1. The van der Waals surface area contributed by atoms with Gasteiger partial charge in [0, 0.05) is 26.7 Å². The van der Waals surface area contributed by atoms with Gasteiger partial charge >= 0.3 is 5.97 Å². The molecule has 21 heavy (non-hydrogen) atoms. The lowest BCUT2D eigenvalue weighted by molar-refractivity contribution is 0.0523. The minimum Gasteiger partial charge on any atom is -0.462 e. The lowest BCUT2D eigenvalue weighted by Gasteiger charge is -2.16. The number of aryl methyl sites for hydroxylation is 1. The van der Waals surface area contributed by atoms with E-state index in [1.807, 2.05) is 14.0 Å². The number of esters is 1. The molecule has 2 heterocycles. The summed E-state index contributed by atoms with van der Waals surface area (Å²) in [7, 11) is 1.86. The number of nitrogens with zero attached hydrogens (tertiary/aromatic N) is 3. The van der Waals surface area contributed by atoms with Crippen LogP contribution >= 0.6 is 0 Å². The highest BCUT2D eigenvalue weighted by atomic mass is 16.5. The van der Waals surface area contributed by atoms with Gasteiger partial charge in [-0.25, -0.2) is 4.79 Å². The van der Waals surface area contributed by atoms with Gasteiger partial charge in [0.15, 0.2) is 0 Å². The van der Waals surface area contributed by atoms with E-state index in [0.717, 1.165) is 18.8 Å². The topological polar surface area (TPSA) is 47.4 Å². The lowest BCUT2D eigenvalue weighted by atomic mass is 10.1. The van der Waals surface area contributed by atoms with E-state index < -0.39 is 0 Å². The van der Waals surface area contributed by atoms with Crippen LogP contribution < -0.4 is 0 Å². The van der Waals surface area contributed by atoms with E-state index in [-0.39, 0.29) is 5.97 Å². The third-order valence-electron chi connectivity index (χ3n) is 3.84. The monoisotopic (exact) mass is 285 g/mol. The molecule has 1 aliphatic heterocycles. The molecule has 5 heteroatoms. The minimum absolute atomic E-state index is 0.294. The Kier molecular flexibility index (Phi) is 3.75. The predicted octanol–water partition coefficient (Wildman–Crippen LogP) is 2.11. The first-order chi connectivity index (χ1) is 10.2. The van der Waals surface area contributed by atoms with Crippen LogP contribution in [0.25, 0.3) is 0 Å². The molecule has 1 aliphatic rings. The van der Waals surface area contributed by atoms with E-state index in [1.165, 1.54) is 11.1 Å². The number of rotatable bonds is 4. The summed E-state index contributed by atoms with van der Waals surface area (Å²) >= 11 is 0. The average molecular weight is 285 g/mol. The zero-order chi connectivity index (χ0) is 14.8. The summed E-state index contributed by atoms with van der Waals surface area (Å²) in [6, 6.07) is 8.45. The van der Waals surface area contributed by atoms with Gasteiger partial charge in [-0.05, 0) is 18.1 Å². The van der Waals surface area contributed by atoms with Gasteiger partial charge in [-0.2, -0.15) is 5.10 Å². The smallest absolute Gasteiger partial charge is 0.341 e. The van der Waals surface area contributed by atoms with Crippen molar-refractivity contribution in [3.8, 4) is 0 Å². The van der Waals surface area contributed by atoms with E-state index in [4.69, 9.17) is 4.74 Å². The van der Waals surface area contributed by atoms with Gasteiger partial charge in [0.25, 0.3) is 0 Å². The molecule has 3 rings (SSSR count). The van der Waals surface area contributed by atoms with Gasteiger partial charge < -0.3 is 4.74 Å². The number of carbonyl (C=O) groups excluding carboxylic acids is 1. The molecule has 0 aliphatic carbocycles. The van der Waals surface area contributed by atoms with Crippen molar-refractivity contribution in [1.29, 1.82) is 0 Å². The summed E-state index contributed by atoms with van der Waals surface area (Å²) in [6.07, 6.45) is 1.59. The number of fused-ring (bicyclic) bond motifs is 1. The summed E-state index contributed by atoms with van der Waals surface area (Å²) in [6.45, 7) is 4.69. The highest BCUT2D eigenvalue weighted by molar-refractivity contribution is 5.90. The zero-order valence-electron chi connectivity index (χ0n) is 12.4. The first kappa shape index (κ1) is 13.8. The Morgan fingerprint density at radius 3 is 2.57 bits per heavy atom. The minimum atomic E-state index is -0.294. The molecule has 0 saturated carbocycles. The van der Waals surface area contributed by atoms with Crippen molar-refractivity contribution >= 4 is 5.97 Å². The molecule has 0 bridgehead atoms. The summed E-state index contributed by atoms with van der Waals surface area (Å²) in [5.41, 5.74) is 4.19. The van der Waals surface area contributed by atoms with E-state index >= 15 is 0 Å². The molecule has 0 fully saturated rings. The van der Waals surface area contributed by atoms with Crippen LogP contribution in [0.5, 0.6) is 0 Å². The number of aromatic nitrogens is 2. The maximum Gasteiger partial charge on any atom is 0.341 e. The highest BCUT2D eigenvalue weighted by Gasteiger charge is 2.23. The highest BCUT2D eigenvalue weighted by Crippen LogP contribution is 2.24. The van der Waals surface area contributed by atoms with Gasteiger partial charge in [-0.3, -0.25) is 9.58 Å². The van der Waals surface area contributed by atoms with Crippen LogP contribution in [-0.2, 0) is 31.4 Å². The van der Waals surface area contributed by atoms with Crippen molar-refractivity contribution in [3.63, 3.8) is 0 Å². The van der Waals surface area contributed by atoms with Crippen LogP contribution in [0.4, 0.5) is 0 Å². The molecule has 2 aromatic rings. The van der Waals surface area contributed by atoms with E-state index in [1.54, 1.807) is 10.9 Å². The van der Waals surface area contributed by atoms with E-state index in [2.05, 4.69) is 34.3 Å². The number of carbonyl (C=O) groups is 1. The molecule has 0 unspecified atom stereocenters. The van der Waals surface area contributed by atoms with Crippen molar-refractivity contribution in [2.45, 2.75) is 26.6 Å². The van der Waals surface area contributed by atoms with Crippen LogP contribution in [0.3, 0.4) is 0 Å². The number of benzene rings is 1. The normalized spacial score (nSPS) is 14.2. The van der Waals surface area contributed by atoms with Gasteiger partial charge in [0.2, 0.25) is 0 Å². The molecule has 1 aromatic carbocycles. The summed E-state index contributed by atoms with van der Waals surface area (Å²) in [4.78, 5) is 14.3. The third kappa shape index (κ3) is 2.69. The van der Waals surface area contributed by atoms with Crippen LogP contribution in [0.15, 0.2) is 30.5 Å². The maximum absolute atomic E-state index is 12.0. The van der Waals surface area contributed by atoms with Gasteiger partial charge in [-0.15, -0.1) is 0 Å². The van der Waals surface area contributed by atoms with E-state index in [9.17, 15) is 4.79 Å². The predicted molar refractivity (Wildman–Crippen MR) is 78.6 cm³/mol. The number of hydrogen-bond acceptors (Lipinski definition) is 4. The lowest BCUT2D eigenvalue weighted by Crippen LogP contribution is -2.20. The molecular formula is C16H19N3O2. The SMILES string of the molecule is CCOC(=O)c1cnn(C)c1CN1Cc2ccccc2C1. The van der Waals surface area contributed by atoms with Crippen LogP contribution in [0.2, 0.25) is 0 Å². The number of hydrogen-bond donors (Lipinski definition) is 0. The summed E-state index contributed by atoms with van der Waals surface area (Å²) < 4.78 is 6.86. The first-order valence-electron chi connectivity index (χ1n) is 7.16. The molecule has 0 amide bonds. The Balaban J connectivity index is 1.78. The molecule has 0 saturated heterocycles. The Morgan fingerprint density at radius 1 is 1.29 bits per heavy atom. The van der Waals surface area contributed by atoms with Gasteiger partial charge in [0.1, 0.15) is 5.56 Å². The second-order valence-electron chi connectivity index (χ2n) is 5.26. The third-order valence-corrected chi connectivity index (χ3v) is 3.84. The summed E-state index contributed by atoms with van der Waals surface area (Å²) in [5.74, 6) is -0.294. The fourth-order valence-electron chi connectivity index (χ4n) is 2.76. The fraction of sp³-hybridized carbons (Fsp3) is 0.375. The molecule has 110 valence electrons. The Labute approximate surface area is 124 Å². The molecule has 5 nitrogen and oxygen atoms in total. The largest absolute Gasteiger partial charge is 0.462 e. The molecule has 0 spiro atoms. The second kappa shape index (κ2) is 5.69. The molecule has 1 aromatic heterocycles. The molecule has 0 atom stereocenters. The Bertz CT molecular complexity index is 638. The van der Waals surface area contributed by atoms with Crippen LogP contribution in [0.1, 0.15) is 34.1 Å². The fourth-order valence-corrected chi connectivity index (χ4v) is 2.76. The van der Waals surface area contributed by atoms with Crippen LogP contribution in [-0.4, -0.2) is 27.3 Å². The maximum atomic E-state index is 12.0. The van der Waals surface area contributed by atoms with Crippen molar-refractivity contribution in [3.05, 3.63) is 52.8 Å². The van der Waals surface area contributed by atoms with Crippen molar-refractivity contribution < 1.29 is 9.53 Å². The Morgan fingerprint density at radius 2 is 1.95 bits per heavy atom. The van der Waals surface area contributed by atoms with Crippen molar-refractivity contribution in [1.82, 2.24) is 14.7 Å². The van der Waals surface area contributed by atoms with Gasteiger partial charge in [0.05, 0.1) is 18.5 Å². The molecule has 0 N–H and O–H groups in total. The second-order valence-corrected chi connectivity index (χ2v) is 5.26. The average Bonchev–Trinajstić information content (AvgIpc) is 3.03. The van der Waals surface area contributed by atoms with Crippen molar-refractivity contribution in [2.75, 3.05) is 6.61 Å². The first-order valence-corrected chi connectivity index (χ1v) is 7.16. The van der Waals surface area contributed by atoms with E-state index in [0.29, 0.717) is 18.7 Å². The molecule has 0 radical (unpaired) electrons. The zero-order valence-corrected chi connectivity index (χ0v) is 12.4. The standard InChI is InChI=1S/C16H19N3O2/c1-3-21-16(20)14-8-17-18(2)15(14)11-19-9-12-6-4-5-7-13(12)10-19/h4-8H,3,9-11H2,1-2H3. The molecular weight excluding hydrogens is 266 g/mol. The van der Waals surface area contributed by atoms with Crippen molar-refractivity contribution in [2.24, 2.45) is 7.05 Å². The van der Waals surface area contributed by atoms with Gasteiger partial charge in [-0.1, -0.05) is 24.3 Å².